The molecule has 4 nitrogen and oxygen atoms in total. The zero-order valence-electron chi connectivity index (χ0n) is 8.70. The van der Waals surface area contributed by atoms with Crippen molar-refractivity contribution in [1.29, 1.82) is 0 Å². The largest absolute Gasteiger partial charge is 0.393 e. The second-order valence-corrected chi connectivity index (χ2v) is 4.11. The molecule has 1 amide bonds. The number of aromatic nitrogens is 1. The molecule has 0 aromatic carbocycles. The minimum atomic E-state index is -0.445. The summed E-state index contributed by atoms with van der Waals surface area (Å²) in [4.78, 5) is 15.4. The Hall–Kier alpha value is -0.840. The lowest BCUT2D eigenvalue weighted by molar-refractivity contribution is 0.0945. The first-order valence-corrected chi connectivity index (χ1v) is 5.54. The number of aliphatic hydroxyl groups excluding tert-OH is 1. The number of carbonyl (C=O) groups excluding carboxylic acids is 1. The number of nitrogens with one attached hydrogen (secondary N) is 1. The first-order chi connectivity index (χ1) is 7.50. The molecule has 0 fully saturated rings. The van der Waals surface area contributed by atoms with Crippen molar-refractivity contribution in [2.75, 3.05) is 6.54 Å². The fraction of sp³-hybridized carbons (Fsp3) is 0.400. The van der Waals surface area contributed by atoms with Crippen LogP contribution in [-0.4, -0.2) is 28.6 Å². The third-order valence-electron chi connectivity index (χ3n) is 1.91. The van der Waals surface area contributed by atoms with Crippen LogP contribution in [-0.2, 0) is 0 Å². The van der Waals surface area contributed by atoms with Gasteiger partial charge in [0.2, 0.25) is 0 Å². The number of halogens is 2. The third-order valence-corrected chi connectivity index (χ3v) is 2.41. The zero-order chi connectivity index (χ0) is 12.1. The van der Waals surface area contributed by atoms with Crippen molar-refractivity contribution in [2.24, 2.45) is 0 Å². The Balaban J connectivity index is 2.59. The van der Waals surface area contributed by atoms with Crippen molar-refractivity contribution >= 4 is 29.1 Å². The van der Waals surface area contributed by atoms with Gasteiger partial charge in [-0.05, 0) is 25.5 Å². The van der Waals surface area contributed by atoms with Crippen LogP contribution in [0.1, 0.15) is 23.7 Å². The highest BCUT2D eigenvalue weighted by molar-refractivity contribution is 6.34. The van der Waals surface area contributed by atoms with Gasteiger partial charge in [-0.25, -0.2) is 4.98 Å². The summed E-state index contributed by atoms with van der Waals surface area (Å²) in [6.45, 7) is 2.04. The van der Waals surface area contributed by atoms with Crippen molar-refractivity contribution in [2.45, 2.75) is 19.4 Å². The van der Waals surface area contributed by atoms with Crippen LogP contribution in [0.25, 0.3) is 0 Å². The van der Waals surface area contributed by atoms with Crippen molar-refractivity contribution in [1.82, 2.24) is 10.3 Å². The van der Waals surface area contributed by atoms with Gasteiger partial charge in [0.1, 0.15) is 10.3 Å². The number of aliphatic hydroxyl groups is 1. The molecule has 1 atom stereocenters. The predicted molar refractivity (Wildman–Crippen MR) is 62.9 cm³/mol. The molecule has 0 spiro atoms. The Morgan fingerprint density at radius 3 is 2.81 bits per heavy atom. The standard InChI is InChI=1S/C10H12Cl2N2O2/c1-6(15)4-5-13-10(16)7-2-3-8(11)14-9(7)12/h2-3,6,15H,4-5H2,1H3,(H,13,16). The molecule has 1 heterocycles. The Labute approximate surface area is 104 Å². The Bertz CT molecular complexity index is 383. The van der Waals surface area contributed by atoms with E-state index in [4.69, 9.17) is 28.3 Å². The first-order valence-electron chi connectivity index (χ1n) is 4.79. The molecule has 1 aromatic rings. The summed E-state index contributed by atoms with van der Waals surface area (Å²) in [5, 5.41) is 12.0. The molecule has 0 saturated heterocycles. The average Bonchev–Trinajstić information content (AvgIpc) is 2.16. The van der Waals surface area contributed by atoms with E-state index < -0.39 is 6.10 Å². The molecule has 88 valence electrons. The van der Waals surface area contributed by atoms with E-state index in [0.29, 0.717) is 13.0 Å². The van der Waals surface area contributed by atoms with Gasteiger partial charge in [0.15, 0.2) is 0 Å². The monoisotopic (exact) mass is 262 g/mol. The number of hydrogen-bond donors (Lipinski definition) is 2. The van der Waals surface area contributed by atoms with Crippen LogP contribution in [0.4, 0.5) is 0 Å². The third kappa shape index (κ3) is 3.96. The molecule has 16 heavy (non-hydrogen) atoms. The van der Waals surface area contributed by atoms with Crippen molar-refractivity contribution in [3.63, 3.8) is 0 Å². The maximum absolute atomic E-state index is 11.6. The highest BCUT2D eigenvalue weighted by Crippen LogP contribution is 2.16. The molecule has 0 saturated carbocycles. The normalized spacial score (nSPS) is 12.2. The topological polar surface area (TPSA) is 62.2 Å². The van der Waals surface area contributed by atoms with Crippen LogP contribution in [0.5, 0.6) is 0 Å². The fourth-order valence-electron chi connectivity index (χ4n) is 1.07. The Morgan fingerprint density at radius 1 is 1.56 bits per heavy atom. The molecule has 0 bridgehead atoms. The van der Waals surface area contributed by atoms with Gasteiger partial charge < -0.3 is 10.4 Å². The van der Waals surface area contributed by atoms with Crippen LogP contribution in [0.3, 0.4) is 0 Å². The maximum atomic E-state index is 11.6. The number of pyridine rings is 1. The van der Waals surface area contributed by atoms with E-state index in [-0.39, 0.29) is 21.8 Å². The molecule has 1 aromatic heterocycles. The number of rotatable bonds is 4. The van der Waals surface area contributed by atoms with Gasteiger partial charge in [0.25, 0.3) is 5.91 Å². The molecule has 0 aliphatic carbocycles. The van der Waals surface area contributed by atoms with Gasteiger partial charge in [-0.1, -0.05) is 23.2 Å². The minimum Gasteiger partial charge on any atom is -0.393 e. The Morgan fingerprint density at radius 2 is 2.25 bits per heavy atom. The molecule has 6 heteroatoms. The minimum absolute atomic E-state index is 0.0713. The zero-order valence-corrected chi connectivity index (χ0v) is 10.2. The second kappa shape index (κ2) is 6.03. The summed E-state index contributed by atoms with van der Waals surface area (Å²) in [6.07, 6.45) is 0.0452. The van der Waals surface area contributed by atoms with Gasteiger partial charge in [-0.3, -0.25) is 4.79 Å². The van der Waals surface area contributed by atoms with Crippen molar-refractivity contribution in [3.05, 3.63) is 28.0 Å². The van der Waals surface area contributed by atoms with Crippen molar-refractivity contribution < 1.29 is 9.90 Å². The molecule has 0 radical (unpaired) electrons. The van der Waals surface area contributed by atoms with Crippen molar-refractivity contribution in [3.8, 4) is 0 Å². The molecule has 0 aliphatic rings. The Kier molecular flexibility index (Phi) is 4.99. The summed E-state index contributed by atoms with van der Waals surface area (Å²) in [7, 11) is 0. The van der Waals surface area contributed by atoms with Crippen LogP contribution < -0.4 is 5.32 Å². The predicted octanol–water partition coefficient (Wildman–Crippen LogP) is 1.89. The van der Waals surface area contributed by atoms with E-state index in [1.54, 1.807) is 6.92 Å². The van der Waals surface area contributed by atoms with Gasteiger partial charge in [0, 0.05) is 6.54 Å². The van der Waals surface area contributed by atoms with E-state index in [9.17, 15) is 4.79 Å². The van der Waals surface area contributed by atoms with E-state index in [1.807, 2.05) is 0 Å². The molecule has 2 N–H and O–H groups in total. The highest BCUT2D eigenvalue weighted by Gasteiger charge is 2.11. The van der Waals surface area contributed by atoms with Crippen LogP contribution in [0.2, 0.25) is 10.3 Å². The molecular formula is C10H12Cl2N2O2. The second-order valence-electron chi connectivity index (χ2n) is 3.37. The van der Waals surface area contributed by atoms with Crippen LogP contribution in [0.15, 0.2) is 12.1 Å². The summed E-state index contributed by atoms with van der Waals surface area (Å²) in [5.41, 5.74) is 0.275. The summed E-state index contributed by atoms with van der Waals surface area (Å²) >= 11 is 11.4. The average molecular weight is 263 g/mol. The SMILES string of the molecule is CC(O)CCNC(=O)c1ccc(Cl)nc1Cl. The van der Waals surface area contributed by atoms with E-state index in [0.717, 1.165) is 0 Å². The van der Waals surface area contributed by atoms with E-state index in [2.05, 4.69) is 10.3 Å². The van der Waals surface area contributed by atoms with Crippen LogP contribution in [0, 0.1) is 0 Å². The summed E-state index contributed by atoms with van der Waals surface area (Å²) < 4.78 is 0. The first kappa shape index (κ1) is 13.2. The molecular weight excluding hydrogens is 251 g/mol. The lowest BCUT2D eigenvalue weighted by atomic mass is 10.2. The highest BCUT2D eigenvalue weighted by atomic mass is 35.5. The van der Waals surface area contributed by atoms with Crippen LogP contribution >= 0.6 is 23.2 Å². The number of amides is 1. The number of nitrogens with zero attached hydrogens (tertiary/aromatic N) is 1. The van der Waals surface area contributed by atoms with Gasteiger partial charge in [-0.2, -0.15) is 0 Å². The number of carbonyl (C=O) groups is 1. The van der Waals surface area contributed by atoms with Gasteiger partial charge in [-0.15, -0.1) is 0 Å². The smallest absolute Gasteiger partial charge is 0.254 e. The van der Waals surface area contributed by atoms with Gasteiger partial charge in [0.05, 0.1) is 11.7 Å². The summed E-state index contributed by atoms with van der Waals surface area (Å²) in [5.74, 6) is -0.324. The maximum Gasteiger partial charge on any atom is 0.254 e. The molecule has 0 aliphatic heterocycles. The lowest BCUT2D eigenvalue weighted by Crippen LogP contribution is -2.26. The lowest BCUT2D eigenvalue weighted by Gasteiger charge is -2.07. The molecule has 1 unspecified atom stereocenters. The van der Waals surface area contributed by atoms with E-state index in [1.165, 1.54) is 12.1 Å². The molecule has 1 rings (SSSR count). The fourth-order valence-corrected chi connectivity index (χ4v) is 1.50. The summed E-state index contributed by atoms with van der Waals surface area (Å²) in [6, 6.07) is 3.01. The number of hydrogen-bond acceptors (Lipinski definition) is 3. The van der Waals surface area contributed by atoms with E-state index >= 15 is 0 Å². The quantitative estimate of drug-likeness (QED) is 0.815. The van der Waals surface area contributed by atoms with Gasteiger partial charge >= 0.3 is 0 Å².